The minimum absolute atomic E-state index is 0.0142. The van der Waals surface area contributed by atoms with Gasteiger partial charge in [0.25, 0.3) is 0 Å². The van der Waals surface area contributed by atoms with E-state index >= 15 is 0 Å². The summed E-state index contributed by atoms with van der Waals surface area (Å²) < 4.78 is 16.7. The van der Waals surface area contributed by atoms with E-state index in [2.05, 4.69) is 24.1 Å². The lowest BCUT2D eigenvalue weighted by molar-refractivity contribution is -0.121. The Labute approximate surface area is 150 Å². The summed E-state index contributed by atoms with van der Waals surface area (Å²) in [6, 6.07) is 7.43. The second-order valence-electron chi connectivity index (χ2n) is 6.37. The zero-order chi connectivity index (χ0) is 18.1. The van der Waals surface area contributed by atoms with Crippen LogP contribution < -0.4 is 14.8 Å². The van der Waals surface area contributed by atoms with Crippen LogP contribution in [0.4, 0.5) is 0 Å². The molecule has 1 aliphatic rings. The van der Waals surface area contributed by atoms with Crippen LogP contribution in [0.25, 0.3) is 0 Å². The zero-order valence-electron chi connectivity index (χ0n) is 15.5. The van der Waals surface area contributed by atoms with Crippen LogP contribution in [0.1, 0.15) is 27.2 Å². The molecule has 0 bridgehead atoms. The molecule has 1 aromatic rings. The zero-order valence-corrected chi connectivity index (χ0v) is 15.5. The van der Waals surface area contributed by atoms with Crippen molar-refractivity contribution in [3.63, 3.8) is 0 Å². The lowest BCUT2D eigenvalue weighted by Crippen LogP contribution is -2.47. The van der Waals surface area contributed by atoms with E-state index in [9.17, 15) is 4.79 Å². The summed E-state index contributed by atoms with van der Waals surface area (Å²) in [6.07, 6.45) is 0.854. The molecule has 0 aliphatic carbocycles. The summed E-state index contributed by atoms with van der Waals surface area (Å²) >= 11 is 0. The maximum atomic E-state index is 11.9. The first-order valence-electron chi connectivity index (χ1n) is 9.07. The average Bonchev–Trinajstić information content (AvgIpc) is 2.56. The molecule has 140 valence electrons. The van der Waals surface area contributed by atoms with E-state index in [-0.39, 0.29) is 18.1 Å². The van der Waals surface area contributed by atoms with Crippen molar-refractivity contribution in [3.05, 3.63) is 24.3 Å². The molecule has 1 fully saturated rings. The molecule has 25 heavy (non-hydrogen) atoms. The van der Waals surface area contributed by atoms with Crippen LogP contribution in [0.5, 0.6) is 11.5 Å². The molecule has 1 aliphatic heterocycles. The van der Waals surface area contributed by atoms with Crippen LogP contribution in [0.2, 0.25) is 0 Å². The van der Waals surface area contributed by atoms with Crippen molar-refractivity contribution < 1.29 is 19.0 Å². The first-order chi connectivity index (χ1) is 12.1. The van der Waals surface area contributed by atoms with Crippen LogP contribution in [0, 0.1) is 0 Å². The lowest BCUT2D eigenvalue weighted by Gasteiger charge is -2.35. The van der Waals surface area contributed by atoms with Gasteiger partial charge in [0.2, 0.25) is 5.91 Å². The Bertz CT molecular complexity index is 511. The number of hydrogen-bond acceptors (Lipinski definition) is 5. The van der Waals surface area contributed by atoms with Crippen LogP contribution >= 0.6 is 0 Å². The van der Waals surface area contributed by atoms with Crippen molar-refractivity contribution >= 4 is 5.91 Å². The highest BCUT2D eigenvalue weighted by atomic mass is 16.5. The van der Waals surface area contributed by atoms with E-state index in [4.69, 9.17) is 14.2 Å². The Hall–Kier alpha value is -1.79. The van der Waals surface area contributed by atoms with Gasteiger partial charge in [0.1, 0.15) is 11.5 Å². The maximum absolute atomic E-state index is 11.9. The number of rotatable bonds is 9. The van der Waals surface area contributed by atoms with E-state index in [0.717, 1.165) is 31.1 Å². The Balaban J connectivity index is 1.57. The number of amides is 1. The number of carbonyl (C=O) groups excluding carboxylic acids is 1. The first kappa shape index (κ1) is 19.5. The predicted molar refractivity (Wildman–Crippen MR) is 97.2 cm³/mol. The molecular weight excluding hydrogens is 320 g/mol. The van der Waals surface area contributed by atoms with Crippen molar-refractivity contribution in [3.8, 4) is 11.5 Å². The molecule has 1 heterocycles. The number of benzene rings is 1. The summed E-state index contributed by atoms with van der Waals surface area (Å²) in [6.45, 7) is 10.5. The largest absolute Gasteiger partial charge is 0.494 e. The van der Waals surface area contributed by atoms with Crippen LogP contribution in [-0.2, 0) is 9.53 Å². The van der Waals surface area contributed by atoms with Gasteiger partial charge in [-0.25, -0.2) is 0 Å². The van der Waals surface area contributed by atoms with Gasteiger partial charge in [0, 0.05) is 26.2 Å². The smallest absolute Gasteiger partial charge is 0.223 e. The highest BCUT2D eigenvalue weighted by Gasteiger charge is 2.21. The Morgan fingerprint density at radius 1 is 1.16 bits per heavy atom. The van der Waals surface area contributed by atoms with Crippen LogP contribution in [0.3, 0.4) is 0 Å². The molecule has 2 rings (SSSR count). The van der Waals surface area contributed by atoms with Crippen molar-refractivity contribution in [2.75, 3.05) is 39.4 Å². The molecule has 0 saturated carbocycles. The molecule has 1 amide bonds. The van der Waals surface area contributed by atoms with E-state index in [1.54, 1.807) is 0 Å². The van der Waals surface area contributed by atoms with Crippen molar-refractivity contribution in [1.29, 1.82) is 0 Å². The number of nitrogens with one attached hydrogen (secondary N) is 1. The van der Waals surface area contributed by atoms with Crippen molar-refractivity contribution in [2.24, 2.45) is 0 Å². The molecule has 1 aromatic carbocycles. The fourth-order valence-electron chi connectivity index (χ4n) is 2.97. The fourth-order valence-corrected chi connectivity index (χ4v) is 2.97. The summed E-state index contributed by atoms with van der Waals surface area (Å²) in [5.74, 6) is 1.58. The number of hydrogen-bond donors (Lipinski definition) is 1. The van der Waals surface area contributed by atoms with Gasteiger partial charge in [-0.2, -0.15) is 0 Å². The van der Waals surface area contributed by atoms with Gasteiger partial charge in [-0.3, -0.25) is 9.69 Å². The topological polar surface area (TPSA) is 60.0 Å². The number of morpholine rings is 1. The summed E-state index contributed by atoms with van der Waals surface area (Å²) in [5.41, 5.74) is 0. The number of carbonyl (C=O) groups is 1. The van der Waals surface area contributed by atoms with E-state index < -0.39 is 0 Å². The molecule has 1 N–H and O–H groups in total. The van der Waals surface area contributed by atoms with Crippen molar-refractivity contribution in [1.82, 2.24) is 10.2 Å². The van der Waals surface area contributed by atoms with E-state index in [1.165, 1.54) is 0 Å². The Morgan fingerprint density at radius 3 is 2.36 bits per heavy atom. The lowest BCUT2D eigenvalue weighted by atomic mass is 10.2. The monoisotopic (exact) mass is 350 g/mol. The Kier molecular flexibility index (Phi) is 8.01. The maximum Gasteiger partial charge on any atom is 0.223 e. The molecular formula is C19H30N2O4. The molecule has 2 atom stereocenters. The summed E-state index contributed by atoms with van der Waals surface area (Å²) in [4.78, 5) is 14.2. The first-order valence-corrected chi connectivity index (χ1v) is 9.07. The normalized spacial score (nSPS) is 20.9. The third-order valence-corrected chi connectivity index (χ3v) is 3.98. The fraction of sp³-hybridized carbons (Fsp3) is 0.632. The minimum atomic E-state index is 0.0142. The quantitative estimate of drug-likeness (QED) is 0.739. The van der Waals surface area contributed by atoms with E-state index in [1.807, 2.05) is 31.2 Å². The average molecular weight is 350 g/mol. The molecule has 0 spiro atoms. The Morgan fingerprint density at radius 2 is 1.76 bits per heavy atom. The molecule has 1 saturated heterocycles. The summed E-state index contributed by atoms with van der Waals surface area (Å²) in [7, 11) is 0. The second-order valence-corrected chi connectivity index (χ2v) is 6.37. The van der Waals surface area contributed by atoms with Gasteiger partial charge >= 0.3 is 0 Å². The van der Waals surface area contributed by atoms with Crippen LogP contribution in [0.15, 0.2) is 24.3 Å². The predicted octanol–water partition coefficient (Wildman–Crippen LogP) is 2.08. The molecule has 0 unspecified atom stereocenters. The highest BCUT2D eigenvalue weighted by Crippen LogP contribution is 2.17. The third kappa shape index (κ3) is 7.32. The van der Waals surface area contributed by atoms with Gasteiger partial charge < -0.3 is 19.5 Å². The van der Waals surface area contributed by atoms with E-state index in [0.29, 0.717) is 26.2 Å². The number of nitrogens with zero attached hydrogens (tertiary/aromatic N) is 1. The molecule has 6 heteroatoms. The minimum Gasteiger partial charge on any atom is -0.494 e. The van der Waals surface area contributed by atoms with Gasteiger partial charge in [0.15, 0.2) is 0 Å². The van der Waals surface area contributed by atoms with Gasteiger partial charge in [-0.15, -0.1) is 0 Å². The van der Waals surface area contributed by atoms with Gasteiger partial charge in [-0.05, 0) is 45.0 Å². The standard InChI is InChI=1S/C19H30N2O4/c1-4-23-17-5-7-18(8-6-17)24-12-9-19(22)20-10-11-21-13-15(2)25-16(3)14-21/h5-8,15-16H,4,9-14H2,1-3H3,(H,20,22)/t15-,16-/m1/s1. The van der Waals surface area contributed by atoms with Crippen LogP contribution in [-0.4, -0.2) is 62.4 Å². The molecule has 0 radical (unpaired) electrons. The highest BCUT2D eigenvalue weighted by molar-refractivity contribution is 5.75. The van der Waals surface area contributed by atoms with Crippen molar-refractivity contribution in [2.45, 2.75) is 39.4 Å². The van der Waals surface area contributed by atoms with Gasteiger partial charge in [-0.1, -0.05) is 0 Å². The SMILES string of the molecule is CCOc1ccc(OCCC(=O)NCCN2C[C@@H](C)O[C@H](C)C2)cc1. The molecule has 0 aromatic heterocycles. The second kappa shape index (κ2) is 10.3. The van der Waals surface area contributed by atoms with Gasteiger partial charge in [0.05, 0.1) is 31.8 Å². The number of ether oxygens (including phenoxy) is 3. The molecule has 6 nitrogen and oxygen atoms in total. The summed E-state index contributed by atoms with van der Waals surface area (Å²) in [5, 5.41) is 2.95. The third-order valence-electron chi connectivity index (χ3n) is 3.98.